The lowest BCUT2D eigenvalue weighted by atomic mass is 9.84. The molecule has 0 bridgehead atoms. The number of hydrogen-bond acceptors (Lipinski definition) is 2. The first-order chi connectivity index (χ1) is 38.7. The van der Waals surface area contributed by atoms with Crippen LogP contribution in [0.2, 0.25) is 0 Å². The van der Waals surface area contributed by atoms with E-state index in [2.05, 4.69) is 244 Å². The Morgan fingerprint density at radius 2 is 0.474 bits per heavy atom. The zero-order valence-electron chi connectivity index (χ0n) is 46.5. The van der Waals surface area contributed by atoms with E-state index < -0.39 is 0 Å². The Morgan fingerprint density at radius 3 is 0.756 bits per heavy atom. The lowest BCUT2D eigenvalue weighted by molar-refractivity contribution is 0.298. The van der Waals surface area contributed by atoms with Gasteiger partial charge in [0.15, 0.2) is 0 Å². The largest absolute Gasteiger partial charge is 0.493 e. The Morgan fingerprint density at radius 1 is 0.244 bits per heavy atom. The second-order valence-electron chi connectivity index (χ2n) is 21.0. The Bertz CT molecular complexity index is 2800. The van der Waals surface area contributed by atoms with Crippen molar-refractivity contribution in [3.63, 3.8) is 0 Å². The summed E-state index contributed by atoms with van der Waals surface area (Å²) in [6.07, 6.45) is 20.1. The van der Waals surface area contributed by atoms with E-state index in [1.807, 2.05) is 0 Å². The van der Waals surface area contributed by atoms with Crippen LogP contribution in [0.5, 0.6) is 11.5 Å². The molecule has 0 spiro atoms. The number of unbranched alkanes of at least 4 members (excludes halogenated alkanes) is 14. The van der Waals surface area contributed by atoms with E-state index in [-0.39, 0.29) is 0 Å². The fourth-order valence-electron chi connectivity index (χ4n) is 10.8. The minimum atomic E-state index is 0.678. The summed E-state index contributed by atoms with van der Waals surface area (Å²) in [5.74, 6) is 4.27. The molecular formula is C76H80O2+2. The lowest BCUT2D eigenvalue weighted by Crippen LogP contribution is -2.04. The monoisotopic (exact) mass is 1020 g/mol. The van der Waals surface area contributed by atoms with Crippen LogP contribution in [0.3, 0.4) is 0 Å². The number of rotatable bonds is 30. The van der Waals surface area contributed by atoms with Crippen LogP contribution in [0.15, 0.2) is 231 Å². The van der Waals surface area contributed by atoms with Crippen molar-refractivity contribution in [2.45, 2.75) is 117 Å². The predicted octanol–water partition coefficient (Wildman–Crippen LogP) is 21.4. The first kappa shape index (κ1) is 55.1. The molecule has 0 aromatic heterocycles. The molecule has 0 aliphatic heterocycles. The summed E-state index contributed by atoms with van der Waals surface area (Å²) in [7, 11) is 0. The van der Waals surface area contributed by atoms with Crippen LogP contribution in [-0.4, -0.2) is 13.2 Å². The zero-order chi connectivity index (χ0) is 53.4. The molecule has 0 atom stereocenters. The van der Waals surface area contributed by atoms with Crippen molar-refractivity contribution in [2.24, 2.45) is 0 Å². The molecule has 9 aromatic rings. The van der Waals surface area contributed by atoms with Gasteiger partial charge in [-0.25, -0.2) is 0 Å². The van der Waals surface area contributed by atoms with Crippen LogP contribution >= 0.6 is 0 Å². The number of benzene rings is 9. The topological polar surface area (TPSA) is 18.5 Å². The third kappa shape index (κ3) is 15.3. The van der Waals surface area contributed by atoms with Gasteiger partial charge in [0, 0.05) is 11.1 Å². The van der Waals surface area contributed by atoms with E-state index in [4.69, 9.17) is 9.47 Å². The molecule has 0 heterocycles. The van der Waals surface area contributed by atoms with Crippen LogP contribution in [0.1, 0.15) is 150 Å². The molecule has 0 aliphatic rings. The van der Waals surface area contributed by atoms with Crippen molar-refractivity contribution in [1.82, 2.24) is 0 Å². The summed E-state index contributed by atoms with van der Waals surface area (Å²) < 4.78 is 13.8. The van der Waals surface area contributed by atoms with E-state index in [0.29, 0.717) is 13.2 Å². The molecule has 0 amide bonds. The first-order valence-electron chi connectivity index (χ1n) is 29.5. The highest BCUT2D eigenvalue weighted by molar-refractivity contribution is 5.83. The Hall–Kier alpha value is -7.68. The average Bonchev–Trinajstić information content (AvgIpc) is 3.50. The quantitative estimate of drug-likeness (QED) is 0.0254. The fourth-order valence-corrected chi connectivity index (χ4v) is 10.8. The van der Waals surface area contributed by atoms with Gasteiger partial charge in [0.1, 0.15) is 11.5 Å². The highest BCUT2D eigenvalue weighted by atomic mass is 16.5. The molecule has 0 saturated heterocycles. The summed E-state index contributed by atoms with van der Waals surface area (Å²) in [6.45, 7) is 5.93. The van der Waals surface area contributed by atoms with Gasteiger partial charge in [-0.05, 0) is 204 Å². The van der Waals surface area contributed by atoms with Gasteiger partial charge in [-0.3, -0.25) is 0 Å². The van der Waals surface area contributed by atoms with E-state index in [1.165, 1.54) is 157 Å². The van der Waals surface area contributed by atoms with Gasteiger partial charge in [-0.1, -0.05) is 177 Å². The Balaban J connectivity index is 0.995. The molecule has 394 valence electrons. The van der Waals surface area contributed by atoms with Gasteiger partial charge in [0.2, 0.25) is 0 Å². The molecule has 2 heteroatoms. The van der Waals surface area contributed by atoms with Crippen molar-refractivity contribution in [2.75, 3.05) is 13.2 Å². The maximum atomic E-state index is 6.90. The fraction of sp³-hybridized carbons (Fsp3) is 0.263. The molecule has 0 unspecified atom stereocenters. The Labute approximate surface area is 468 Å². The van der Waals surface area contributed by atoms with Crippen LogP contribution in [-0.2, 0) is 0 Å². The van der Waals surface area contributed by atoms with Gasteiger partial charge < -0.3 is 9.47 Å². The SMILES string of the molecule is CCCCCCCCCCOc1cc(-c2ccc(-c3ccc([C+](c4ccccc4)c4ccccc4)cc3)cc2)c(OCCCCCCCCCC)cc1-c1ccc(-c2ccc([C+](c3ccccc3)c3ccccc3)cc2)cc1. The number of hydrogen-bond donors (Lipinski definition) is 0. The highest BCUT2D eigenvalue weighted by Gasteiger charge is 2.24. The lowest BCUT2D eigenvalue weighted by Gasteiger charge is -2.19. The summed E-state index contributed by atoms with van der Waals surface area (Å²) in [5, 5.41) is 0. The van der Waals surface area contributed by atoms with Crippen LogP contribution in [0.25, 0.3) is 44.5 Å². The third-order valence-electron chi connectivity index (χ3n) is 15.2. The van der Waals surface area contributed by atoms with Crippen LogP contribution in [0.4, 0.5) is 0 Å². The van der Waals surface area contributed by atoms with Crippen molar-refractivity contribution in [3.8, 4) is 56.0 Å². The molecule has 0 fully saturated rings. The molecule has 0 radical (unpaired) electrons. The molecular weight excluding hydrogens is 945 g/mol. The maximum absolute atomic E-state index is 6.90. The third-order valence-corrected chi connectivity index (χ3v) is 15.2. The highest BCUT2D eigenvalue weighted by Crippen LogP contribution is 2.43. The second-order valence-corrected chi connectivity index (χ2v) is 21.0. The summed E-state index contributed by atoms with van der Waals surface area (Å²) >= 11 is 0. The molecule has 78 heavy (non-hydrogen) atoms. The van der Waals surface area contributed by atoms with Crippen molar-refractivity contribution in [3.05, 3.63) is 276 Å². The molecule has 2 nitrogen and oxygen atoms in total. The molecule has 9 rings (SSSR count). The standard InChI is InChI=1S/C76H80O2/c1-3-5-7-9-11-13-15-29-55-77-73-57-72(64-49-41-60(42-50-64)62-45-53-70(54-46-62)76(67-35-25-19-26-36-67)68-37-27-20-28-38-68)74(78-56-30-16-14-12-10-8-6-4-2)58-71(73)63-47-39-59(40-48-63)61-43-51-69(52-44-61)75(65-31-21-17-22-32-65)66-33-23-18-24-34-66/h17-28,31-54,57-58H,3-16,29-30,55-56H2,1-2H3/q+2. The molecule has 9 aromatic carbocycles. The Kier molecular flexibility index (Phi) is 21.0. The summed E-state index contributed by atoms with van der Waals surface area (Å²) in [5.41, 5.74) is 16.3. The normalized spacial score (nSPS) is 11.1. The van der Waals surface area contributed by atoms with Crippen molar-refractivity contribution < 1.29 is 9.47 Å². The molecule has 0 saturated carbocycles. The first-order valence-corrected chi connectivity index (χ1v) is 29.5. The summed E-state index contributed by atoms with van der Waals surface area (Å²) in [4.78, 5) is 0. The smallest absolute Gasteiger partial charge is 0.128 e. The number of ether oxygens (including phenoxy) is 2. The molecule has 0 N–H and O–H groups in total. The van der Waals surface area contributed by atoms with E-state index in [9.17, 15) is 0 Å². The van der Waals surface area contributed by atoms with Gasteiger partial charge in [0.05, 0.1) is 58.4 Å². The van der Waals surface area contributed by atoms with E-state index in [1.54, 1.807) is 0 Å². The summed E-state index contributed by atoms with van der Waals surface area (Å²) in [6, 6.07) is 83.5. The maximum Gasteiger partial charge on any atom is 0.128 e. The van der Waals surface area contributed by atoms with Gasteiger partial charge in [-0.15, -0.1) is 0 Å². The van der Waals surface area contributed by atoms with Gasteiger partial charge in [0.25, 0.3) is 0 Å². The van der Waals surface area contributed by atoms with Crippen molar-refractivity contribution >= 4 is 0 Å². The minimum absolute atomic E-state index is 0.678. The van der Waals surface area contributed by atoms with E-state index in [0.717, 1.165) is 46.6 Å². The van der Waals surface area contributed by atoms with Crippen LogP contribution < -0.4 is 9.47 Å². The van der Waals surface area contributed by atoms with E-state index >= 15 is 0 Å². The van der Waals surface area contributed by atoms with Crippen molar-refractivity contribution in [1.29, 1.82) is 0 Å². The van der Waals surface area contributed by atoms with Crippen LogP contribution in [0, 0.1) is 11.8 Å². The minimum Gasteiger partial charge on any atom is -0.493 e. The molecule has 0 aliphatic carbocycles. The average molecular weight is 1030 g/mol. The van der Waals surface area contributed by atoms with Gasteiger partial charge in [-0.2, -0.15) is 0 Å². The zero-order valence-corrected chi connectivity index (χ0v) is 46.5. The predicted molar refractivity (Wildman–Crippen MR) is 331 cm³/mol. The second kappa shape index (κ2) is 29.7. The van der Waals surface area contributed by atoms with Gasteiger partial charge >= 0.3 is 0 Å².